The summed E-state index contributed by atoms with van der Waals surface area (Å²) >= 11 is 1.65. The summed E-state index contributed by atoms with van der Waals surface area (Å²) in [6.07, 6.45) is 0. The number of nitrogens with one attached hydrogen (secondary N) is 2. The van der Waals surface area contributed by atoms with Gasteiger partial charge in [-0.25, -0.2) is 10.2 Å². The Labute approximate surface area is 203 Å². The fourth-order valence-electron chi connectivity index (χ4n) is 4.17. The lowest BCUT2D eigenvalue weighted by Gasteiger charge is -2.08. The number of nitrogens with zero attached hydrogens (tertiary/aromatic N) is 2. The summed E-state index contributed by atoms with van der Waals surface area (Å²) in [5, 5.41) is 16.7. The Bertz CT molecular complexity index is 1670. The third kappa shape index (κ3) is 3.92. The van der Waals surface area contributed by atoms with Gasteiger partial charge in [0.15, 0.2) is 0 Å². The molecule has 0 bridgehead atoms. The molecule has 0 fully saturated rings. The second-order valence-corrected chi connectivity index (χ2v) is 9.19. The van der Waals surface area contributed by atoms with Crippen molar-refractivity contribution in [2.24, 2.45) is 0 Å². The van der Waals surface area contributed by atoms with Gasteiger partial charge in [0.1, 0.15) is 0 Å². The molecule has 0 radical (unpaired) electrons. The highest BCUT2D eigenvalue weighted by atomic mass is 32.2. The van der Waals surface area contributed by atoms with Crippen molar-refractivity contribution in [1.82, 2.24) is 20.4 Å². The minimum absolute atomic E-state index is 0.190. The predicted octanol–water partition coefficient (Wildman–Crippen LogP) is 5.64. The molecule has 0 aliphatic heterocycles. The van der Waals surface area contributed by atoms with Gasteiger partial charge in [-0.2, -0.15) is 10.2 Å². The smallest absolute Gasteiger partial charge is 0.267 e. The van der Waals surface area contributed by atoms with Crippen LogP contribution in [0.15, 0.2) is 116 Å². The number of H-pyrrole nitrogens is 2. The Morgan fingerprint density at radius 1 is 0.486 bits per heavy atom. The Hall–Kier alpha value is -4.49. The summed E-state index contributed by atoms with van der Waals surface area (Å²) in [4.78, 5) is 26.3. The van der Waals surface area contributed by atoms with Crippen LogP contribution in [0.5, 0.6) is 0 Å². The first kappa shape index (κ1) is 21.1. The van der Waals surface area contributed by atoms with Gasteiger partial charge in [-0.05, 0) is 36.4 Å². The van der Waals surface area contributed by atoms with Gasteiger partial charge < -0.3 is 0 Å². The van der Waals surface area contributed by atoms with Crippen molar-refractivity contribution in [2.75, 3.05) is 0 Å². The van der Waals surface area contributed by atoms with E-state index < -0.39 is 0 Å². The average Bonchev–Trinajstić information content (AvgIpc) is 2.91. The maximum absolute atomic E-state index is 12.1. The van der Waals surface area contributed by atoms with Crippen LogP contribution in [-0.4, -0.2) is 20.4 Å². The van der Waals surface area contributed by atoms with E-state index in [1.54, 1.807) is 23.9 Å². The zero-order valence-corrected chi connectivity index (χ0v) is 19.2. The van der Waals surface area contributed by atoms with Crippen LogP contribution >= 0.6 is 11.8 Å². The molecule has 0 amide bonds. The summed E-state index contributed by atoms with van der Waals surface area (Å²) < 4.78 is 0. The van der Waals surface area contributed by atoms with Crippen molar-refractivity contribution in [3.63, 3.8) is 0 Å². The topological polar surface area (TPSA) is 91.5 Å². The predicted molar refractivity (Wildman–Crippen MR) is 140 cm³/mol. The lowest BCUT2D eigenvalue weighted by Crippen LogP contribution is -2.09. The molecule has 0 unspecified atom stereocenters. The third-order valence-corrected chi connectivity index (χ3v) is 6.90. The SMILES string of the molecule is O=c1[nH]nc(-c2ccc(Sc3ccc(-c4n[nH]c(=O)c5ccccc45)cc3)cc2)c2ccccc12. The molecule has 0 spiro atoms. The van der Waals surface area contributed by atoms with Crippen LogP contribution in [0.25, 0.3) is 44.1 Å². The Morgan fingerprint density at radius 2 is 0.857 bits per heavy atom. The van der Waals surface area contributed by atoms with Gasteiger partial charge in [0, 0.05) is 31.7 Å². The van der Waals surface area contributed by atoms with Crippen LogP contribution in [0.4, 0.5) is 0 Å². The molecule has 2 aromatic heterocycles. The van der Waals surface area contributed by atoms with Gasteiger partial charge in [-0.3, -0.25) is 9.59 Å². The number of rotatable bonds is 4. The first-order chi connectivity index (χ1) is 17.2. The molecule has 35 heavy (non-hydrogen) atoms. The van der Waals surface area contributed by atoms with E-state index in [2.05, 4.69) is 20.4 Å². The first-order valence-electron chi connectivity index (χ1n) is 11.0. The van der Waals surface area contributed by atoms with E-state index in [0.717, 1.165) is 43.1 Å². The summed E-state index contributed by atoms with van der Waals surface area (Å²) in [7, 11) is 0. The molecule has 0 atom stereocenters. The highest BCUT2D eigenvalue weighted by Crippen LogP contribution is 2.32. The minimum atomic E-state index is -0.190. The van der Waals surface area contributed by atoms with Gasteiger partial charge in [0.25, 0.3) is 11.1 Å². The molecule has 6 rings (SSSR count). The van der Waals surface area contributed by atoms with E-state index in [-0.39, 0.29) is 11.1 Å². The van der Waals surface area contributed by atoms with Crippen molar-refractivity contribution >= 4 is 33.3 Å². The molecule has 6 aromatic rings. The van der Waals surface area contributed by atoms with Crippen molar-refractivity contribution in [1.29, 1.82) is 0 Å². The molecule has 2 N–H and O–H groups in total. The van der Waals surface area contributed by atoms with Gasteiger partial charge in [-0.1, -0.05) is 72.4 Å². The van der Waals surface area contributed by atoms with Crippen LogP contribution in [-0.2, 0) is 0 Å². The van der Waals surface area contributed by atoms with E-state index in [1.807, 2.05) is 84.9 Å². The van der Waals surface area contributed by atoms with Crippen LogP contribution in [0.3, 0.4) is 0 Å². The Balaban J connectivity index is 1.26. The number of hydrogen-bond acceptors (Lipinski definition) is 5. The molecule has 168 valence electrons. The number of fused-ring (bicyclic) bond motifs is 2. The molecule has 0 aliphatic carbocycles. The molecule has 0 aliphatic rings. The van der Waals surface area contributed by atoms with Gasteiger partial charge in [-0.15, -0.1) is 0 Å². The number of benzene rings is 4. The number of aromatic amines is 2. The van der Waals surface area contributed by atoms with Gasteiger partial charge in [0.05, 0.1) is 22.2 Å². The third-order valence-electron chi connectivity index (χ3n) is 5.88. The van der Waals surface area contributed by atoms with Crippen molar-refractivity contribution < 1.29 is 0 Å². The second kappa shape index (κ2) is 8.70. The highest BCUT2D eigenvalue weighted by molar-refractivity contribution is 7.99. The van der Waals surface area contributed by atoms with E-state index in [4.69, 9.17) is 0 Å². The molecule has 2 heterocycles. The number of aromatic nitrogens is 4. The quantitative estimate of drug-likeness (QED) is 0.345. The molecule has 0 saturated carbocycles. The summed E-state index contributed by atoms with van der Waals surface area (Å²) in [5.41, 5.74) is 3.00. The van der Waals surface area contributed by atoms with Gasteiger partial charge in [0.2, 0.25) is 0 Å². The first-order valence-corrected chi connectivity index (χ1v) is 11.8. The fraction of sp³-hybridized carbons (Fsp3) is 0. The monoisotopic (exact) mass is 474 g/mol. The maximum Gasteiger partial charge on any atom is 0.272 e. The van der Waals surface area contributed by atoms with Crippen LogP contribution in [0.2, 0.25) is 0 Å². The lowest BCUT2D eigenvalue weighted by atomic mass is 10.1. The molecular formula is C28H18N4O2S. The largest absolute Gasteiger partial charge is 0.272 e. The molecule has 4 aromatic carbocycles. The lowest BCUT2D eigenvalue weighted by molar-refractivity contribution is 1.02. The summed E-state index contributed by atoms with van der Waals surface area (Å²) in [6, 6.07) is 31.2. The molecule has 0 saturated heterocycles. The van der Waals surface area contributed by atoms with Crippen molar-refractivity contribution in [3.05, 3.63) is 118 Å². The second-order valence-electron chi connectivity index (χ2n) is 8.04. The maximum atomic E-state index is 12.1. The summed E-state index contributed by atoms with van der Waals surface area (Å²) in [5.74, 6) is 0. The highest BCUT2D eigenvalue weighted by Gasteiger charge is 2.10. The summed E-state index contributed by atoms with van der Waals surface area (Å²) in [6.45, 7) is 0. The molecular weight excluding hydrogens is 456 g/mol. The van der Waals surface area contributed by atoms with Crippen molar-refractivity contribution in [3.8, 4) is 22.5 Å². The molecule has 6 nitrogen and oxygen atoms in total. The minimum Gasteiger partial charge on any atom is -0.267 e. The van der Waals surface area contributed by atoms with E-state index in [0.29, 0.717) is 10.8 Å². The standard InChI is InChI=1S/C28H18N4O2S/c33-27-23-7-3-1-5-21(23)25(29-31-27)17-9-13-19(14-10-17)35-20-15-11-18(12-16-20)26-22-6-2-4-8-24(22)28(34)32-30-26/h1-16H,(H,31,33)(H,32,34). The van der Waals surface area contributed by atoms with Crippen LogP contribution in [0.1, 0.15) is 0 Å². The fourth-order valence-corrected chi connectivity index (χ4v) is 4.98. The Morgan fingerprint density at radius 3 is 1.26 bits per heavy atom. The number of hydrogen-bond donors (Lipinski definition) is 2. The van der Waals surface area contributed by atoms with Crippen molar-refractivity contribution in [2.45, 2.75) is 9.79 Å². The van der Waals surface area contributed by atoms with Crippen LogP contribution in [0, 0.1) is 0 Å². The van der Waals surface area contributed by atoms with E-state index in [9.17, 15) is 9.59 Å². The average molecular weight is 475 g/mol. The molecule has 7 heteroatoms. The van der Waals surface area contributed by atoms with E-state index in [1.165, 1.54) is 0 Å². The zero-order valence-electron chi connectivity index (χ0n) is 18.4. The van der Waals surface area contributed by atoms with E-state index >= 15 is 0 Å². The zero-order chi connectivity index (χ0) is 23.8. The normalized spacial score (nSPS) is 11.2. The van der Waals surface area contributed by atoms with Gasteiger partial charge >= 0.3 is 0 Å². The Kier molecular flexibility index (Phi) is 5.24. The van der Waals surface area contributed by atoms with Crippen LogP contribution < -0.4 is 11.1 Å².